The molecule has 1 fully saturated rings. The molecule has 1 N–H and O–H groups in total. The van der Waals surface area contributed by atoms with Crippen LogP contribution in [0.5, 0.6) is 0 Å². The summed E-state index contributed by atoms with van der Waals surface area (Å²) < 4.78 is 19.2. The van der Waals surface area contributed by atoms with Gasteiger partial charge in [-0.2, -0.15) is 0 Å². The number of rotatable bonds is 3. The van der Waals surface area contributed by atoms with Crippen LogP contribution < -0.4 is 0 Å². The van der Waals surface area contributed by atoms with Gasteiger partial charge in [0.15, 0.2) is 0 Å². The van der Waals surface area contributed by atoms with Gasteiger partial charge in [0.05, 0.1) is 12.7 Å². The van der Waals surface area contributed by atoms with E-state index < -0.39 is 0 Å². The van der Waals surface area contributed by atoms with Crippen LogP contribution in [0.15, 0.2) is 18.2 Å². The third-order valence-corrected chi connectivity index (χ3v) is 3.93. The highest BCUT2D eigenvalue weighted by molar-refractivity contribution is 6.30. The van der Waals surface area contributed by atoms with Crippen molar-refractivity contribution >= 4 is 11.6 Å². The lowest BCUT2D eigenvalue weighted by molar-refractivity contribution is 0.0267. The monoisotopic (exact) mass is 258 g/mol. The van der Waals surface area contributed by atoms with Gasteiger partial charge in [0.1, 0.15) is 5.82 Å². The van der Waals surface area contributed by atoms with Gasteiger partial charge < -0.3 is 9.84 Å². The number of hydrogen-bond acceptors (Lipinski definition) is 2. The van der Waals surface area contributed by atoms with Gasteiger partial charge in [-0.05, 0) is 43.5 Å². The molecule has 0 saturated carbocycles. The summed E-state index contributed by atoms with van der Waals surface area (Å²) in [5, 5.41) is 10.1. The fraction of sp³-hybridized carbons (Fsp3) is 0.538. The van der Waals surface area contributed by atoms with Crippen LogP contribution in [0.3, 0.4) is 0 Å². The Morgan fingerprint density at radius 1 is 1.59 bits per heavy atom. The number of ether oxygens (including phenoxy) is 1. The Kier molecular flexibility index (Phi) is 3.71. The highest BCUT2D eigenvalue weighted by Gasteiger charge is 2.41. The first-order valence-electron chi connectivity index (χ1n) is 5.74. The van der Waals surface area contributed by atoms with Gasteiger partial charge in [-0.15, -0.1) is 0 Å². The van der Waals surface area contributed by atoms with Crippen LogP contribution in [0.25, 0.3) is 0 Å². The third kappa shape index (κ3) is 2.46. The van der Waals surface area contributed by atoms with Crippen LogP contribution in [0.2, 0.25) is 5.02 Å². The highest BCUT2D eigenvalue weighted by Crippen LogP contribution is 2.38. The molecule has 2 atom stereocenters. The maximum atomic E-state index is 13.7. The minimum Gasteiger partial charge on any atom is -0.396 e. The van der Waals surface area contributed by atoms with Gasteiger partial charge in [0.2, 0.25) is 0 Å². The van der Waals surface area contributed by atoms with Crippen LogP contribution in [-0.2, 0) is 11.2 Å². The Labute approximate surface area is 105 Å². The SMILES string of the molecule is CC1OCCC1(CO)Cc1cc(Cl)ccc1F. The normalized spacial score (nSPS) is 28.6. The molecule has 2 unspecified atom stereocenters. The summed E-state index contributed by atoms with van der Waals surface area (Å²) >= 11 is 5.87. The zero-order chi connectivity index (χ0) is 12.5. The Morgan fingerprint density at radius 2 is 2.35 bits per heavy atom. The minimum absolute atomic E-state index is 0.000119. The molecule has 0 aromatic heterocycles. The second kappa shape index (κ2) is 4.92. The minimum atomic E-state index is -0.383. The van der Waals surface area contributed by atoms with Crippen molar-refractivity contribution < 1.29 is 14.2 Å². The van der Waals surface area contributed by atoms with Crippen molar-refractivity contribution in [2.75, 3.05) is 13.2 Å². The molecule has 1 aliphatic heterocycles. The number of hydrogen-bond donors (Lipinski definition) is 1. The first-order valence-corrected chi connectivity index (χ1v) is 6.11. The van der Waals surface area contributed by atoms with E-state index in [-0.39, 0.29) is 23.9 Å². The lowest BCUT2D eigenvalue weighted by Gasteiger charge is -2.30. The molecule has 0 radical (unpaired) electrons. The molecule has 0 spiro atoms. The van der Waals surface area contributed by atoms with Gasteiger partial charge in [-0.1, -0.05) is 11.6 Å². The summed E-state index contributed by atoms with van der Waals surface area (Å²) in [5.74, 6) is -0.277. The number of benzene rings is 1. The van der Waals surface area contributed by atoms with Gasteiger partial charge in [0, 0.05) is 17.0 Å². The van der Waals surface area contributed by atoms with E-state index in [2.05, 4.69) is 0 Å². The Balaban J connectivity index is 2.27. The van der Waals surface area contributed by atoms with Gasteiger partial charge >= 0.3 is 0 Å². The molecule has 1 heterocycles. The van der Waals surface area contributed by atoms with Gasteiger partial charge in [0.25, 0.3) is 0 Å². The number of halogens is 2. The molecule has 1 aromatic carbocycles. The summed E-state index contributed by atoms with van der Waals surface area (Å²) in [7, 11) is 0. The van der Waals surface area contributed by atoms with E-state index in [0.29, 0.717) is 23.6 Å². The average molecular weight is 259 g/mol. The summed E-state index contributed by atoms with van der Waals surface area (Å²) in [6.07, 6.45) is 1.14. The van der Waals surface area contributed by atoms with E-state index in [9.17, 15) is 9.50 Å². The van der Waals surface area contributed by atoms with Crippen LogP contribution in [0, 0.1) is 11.2 Å². The Bertz CT molecular complexity index is 410. The predicted molar refractivity (Wildman–Crippen MR) is 64.7 cm³/mol. The highest BCUT2D eigenvalue weighted by atomic mass is 35.5. The van der Waals surface area contributed by atoms with Crippen LogP contribution >= 0.6 is 11.6 Å². The van der Waals surface area contributed by atoms with Crippen molar-refractivity contribution in [3.8, 4) is 0 Å². The zero-order valence-electron chi connectivity index (χ0n) is 9.75. The molecule has 4 heteroatoms. The van der Waals surface area contributed by atoms with Crippen LogP contribution in [0.4, 0.5) is 4.39 Å². The first-order chi connectivity index (χ1) is 8.07. The smallest absolute Gasteiger partial charge is 0.126 e. The second-order valence-corrected chi connectivity index (χ2v) is 5.13. The van der Waals surface area contributed by atoms with Gasteiger partial charge in [-0.3, -0.25) is 0 Å². The first kappa shape index (κ1) is 12.8. The maximum Gasteiger partial charge on any atom is 0.126 e. The Hall–Kier alpha value is -0.640. The van der Waals surface area contributed by atoms with E-state index in [1.54, 1.807) is 6.07 Å². The van der Waals surface area contributed by atoms with Crippen molar-refractivity contribution in [3.05, 3.63) is 34.6 Å². The van der Waals surface area contributed by atoms with Crippen LogP contribution in [0.1, 0.15) is 18.9 Å². The molecule has 1 aromatic rings. The number of aliphatic hydroxyl groups excluding tert-OH is 1. The van der Waals surface area contributed by atoms with Crippen molar-refractivity contribution in [1.29, 1.82) is 0 Å². The molecule has 1 aliphatic rings. The largest absolute Gasteiger partial charge is 0.396 e. The van der Waals surface area contributed by atoms with E-state index >= 15 is 0 Å². The summed E-state index contributed by atoms with van der Waals surface area (Å²) in [4.78, 5) is 0. The lowest BCUT2D eigenvalue weighted by atomic mass is 9.77. The Morgan fingerprint density at radius 3 is 2.94 bits per heavy atom. The zero-order valence-corrected chi connectivity index (χ0v) is 10.5. The summed E-state index contributed by atoms with van der Waals surface area (Å²) in [6, 6.07) is 4.52. The molecule has 0 amide bonds. The van der Waals surface area contributed by atoms with Crippen molar-refractivity contribution in [2.45, 2.75) is 25.9 Å². The molecule has 2 rings (SSSR count). The molecular weight excluding hydrogens is 243 g/mol. The van der Waals surface area contributed by atoms with Crippen molar-refractivity contribution in [3.63, 3.8) is 0 Å². The topological polar surface area (TPSA) is 29.5 Å². The molecule has 1 saturated heterocycles. The van der Waals surface area contributed by atoms with Crippen molar-refractivity contribution in [1.82, 2.24) is 0 Å². The van der Waals surface area contributed by atoms with Gasteiger partial charge in [-0.25, -0.2) is 4.39 Å². The summed E-state index contributed by atoms with van der Waals surface area (Å²) in [6.45, 7) is 2.54. The van der Waals surface area contributed by atoms with E-state index in [1.807, 2.05) is 6.92 Å². The summed E-state index contributed by atoms with van der Waals surface area (Å²) in [5.41, 5.74) is 0.162. The molecule has 94 valence electrons. The molecule has 0 aliphatic carbocycles. The molecule has 2 nitrogen and oxygen atoms in total. The number of aliphatic hydroxyl groups is 1. The maximum absolute atomic E-state index is 13.7. The molecular formula is C13H16ClFO2. The van der Waals surface area contributed by atoms with Crippen molar-refractivity contribution in [2.24, 2.45) is 5.41 Å². The third-order valence-electron chi connectivity index (χ3n) is 3.70. The molecule has 17 heavy (non-hydrogen) atoms. The fourth-order valence-electron chi connectivity index (χ4n) is 2.37. The van der Waals surface area contributed by atoms with Crippen LogP contribution in [-0.4, -0.2) is 24.4 Å². The van der Waals surface area contributed by atoms with E-state index in [0.717, 1.165) is 6.42 Å². The van der Waals surface area contributed by atoms with E-state index in [1.165, 1.54) is 12.1 Å². The lowest BCUT2D eigenvalue weighted by Crippen LogP contribution is -2.35. The second-order valence-electron chi connectivity index (χ2n) is 4.70. The fourth-order valence-corrected chi connectivity index (χ4v) is 2.57. The molecule has 0 bridgehead atoms. The standard InChI is InChI=1S/C13H16ClFO2/c1-9-13(8-16,4-5-17-9)7-10-6-11(14)2-3-12(10)15/h2-3,6,9,16H,4-5,7-8H2,1H3. The predicted octanol–water partition coefficient (Wildman–Crippen LogP) is 2.81. The average Bonchev–Trinajstić information content (AvgIpc) is 2.66. The van der Waals surface area contributed by atoms with E-state index in [4.69, 9.17) is 16.3 Å². The quantitative estimate of drug-likeness (QED) is 0.903.